The van der Waals surface area contributed by atoms with Crippen molar-refractivity contribution < 1.29 is 4.79 Å². The van der Waals surface area contributed by atoms with Gasteiger partial charge in [-0.25, -0.2) is 9.78 Å². The summed E-state index contributed by atoms with van der Waals surface area (Å²) in [7, 11) is 1.79. The summed E-state index contributed by atoms with van der Waals surface area (Å²) in [6.45, 7) is 9.30. The number of hydrogen-bond donors (Lipinski definition) is 3. The maximum atomic E-state index is 12.7. The molecule has 0 radical (unpaired) electrons. The van der Waals surface area contributed by atoms with Gasteiger partial charge in [0.15, 0.2) is 5.65 Å². The van der Waals surface area contributed by atoms with Crippen LogP contribution in [0.1, 0.15) is 49.7 Å². The molecule has 1 amide bonds. The Bertz CT molecular complexity index is 911. The van der Waals surface area contributed by atoms with Gasteiger partial charge < -0.3 is 10.6 Å². The summed E-state index contributed by atoms with van der Waals surface area (Å²) in [5.41, 5.74) is 0.0717. The van der Waals surface area contributed by atoms with E-state index in [1.165, 1.54) is 4.57 Å². The van der Waals surface area contributed by atoms with E-state index >= 15 is 0 Å². The lowest BCUT2D eigenvalue weighted by Gasteiger charge is -2.16. The molecule has 8 heteroatoms. The number of aromatic amines is 1. The monoisotopic (exact) mass is 361 g/mol. The highest BCUT2D eigenvalue weighted by molar-refractivity contribution is 6.05. The van der Waals surface area contributed by atoms with Crippen LogP contribution >= 0.6 is 0 Å². The molecule has 2 aromatic rings. The van der Waals surface area contributed by atoms with Crippen LogP contribution in [0.25, 0.3) is 11.0 Å². The number of fused-ring (bicyclic) bond motifs is 1. The first-order chi connectivity index (χ1) is 12.3. The molecule has 0 spiro atoms. The first-order valence-corrected chi connectivity index (χ1v) is 8.86. The third-order valence-corrected chi connectivity index (χ3v) is 4.01. The summed E-state index contributed by atoms with van der Waals surface area (Å²) < 4.78 is 1.44. The number of nitrogens with zero attached hydrogens (tertiary/aromatic N) is 2. The first-order valence-electron chi connectivity index (χ1n) is 8.86. The Morgan fingerprint density at radius 1 is 1.23 bits per heavy atom. The van der Waals surface area contributed by atoms with Crippen LogP contribution < -0.4 is 21.9 Å². The summed E-state index contributed by atoms with van der Waals surface area (Å²) in [6.07, 6.45) is 0. The van der Waals surface area contributed by atoms with Crippen molar-refractivity contribution in [3.8, 4) is 0 Å². The van der Waals surface area contributed by atoms with Crippen LogP contribution in [0.2, 0.25) is 0 Å². The molecular weight excluding hydrogens is 334 g/mol. The quantitative estimate of drug-likeness (QED) is 0.633. The van der Waals surface area contributed by atoms with Crippen molar-refractivity contribution in [1.29, 1.82) is 0 Å². The molecule has 0 fully saturated rings. The fraction of sp³-hybridized carbons (Fsp3) is 0.556. The molecule has 0 aliphatic rings. The average molecular weight is 361 g/mol. The molecule has 2 aromatic heterocycles. The van der Waals surface area contributed by atoms with Crippen molar-refractivity contribution in [2.45, 2.75) is 40.2 Å². The second kappa shape index (κ2) is 8.27. The normalized spacial score (nSPS) is 11.5. The third-order valence-electron chi connectivity index (χ3n) is 4.01. The number of aromatic nitrogens is 3. The zero-order valence-corrected chi connectivity index (χ0v) is 16.0. The number of nitrogens with one attached hydrogen (secondary N) is 3. The molecule has 0 bridgehead atoms. The predicted molar refractivity (Wildman–Crippen MR) is 102 cm³/mol. The van der Waals surface area contributed by atoms with Crippen molar-refractivity contribution in [2.24, 2.45) is 5.92 Å². The zero-order valence-electron chi connectivity index (χ0n) is 16.0. The van der Waals surface area contributed by atoms with E-state index < -0.39 is 11.2 Å². The van der Waals surface area contributed by atoms with Gasteiger partial charge in [-0.2, -0.15) is 0 Å². The van der Waals surface area contributed by atoms with Crippen molar-refractivity contribution in [1.82, 2.24) is 25.2 Å². The molecule has 0 saturated heterocycles. The van der Waals surface area contributed by atoms with E-state index in [0.29, 0.717) is 25.3 Å². The van der Waals surface area contributed by atoms with Crippen molar-refractivity contribution >= 4 is 16.9 Å². The lowest BCUT2D eigenvalue weighted by molar-refractivity contribution is 0.0955. The molecule has 0 aliphatic carbocycles. The fourth-order valence-corrected chi connectivity index (χ4v) is 2.70. The minimum absolute atomic E-state index is 0.0464. The predicted octanol–water partition coefficient (Wildman–Crippen LogP) is 0.813. The highest BCUT2D eigenvalue weighted by Gasteiger charge is 2.20. The van der Waals surface area contributed by atoms with Gasteiger partial charge in [-0.05, 0) is 24.9 Å². The van der Waals surface area contributed by atoms with Crippen LogP contribution in [0.4, 0.5) is 0 Å². The van der Waals surface area contributed by atoms with E-state index in [9.17, 15) is 14.4 Å². The van der Waals surface area contributed by atoms with Gasteiger partial charge >= 0.3 is 5.69 Å². The van der Waals surface area contributed by atoms with Gasteiger partial charge in [-0.15, -0.1) is 0 Å². The van der Waals surface area contributed by atoms with Crippen LogP contribution in [0.15, 0.2) is 15.7 Å². The second-order valence-corrected chi connectivity index (χ2v) is 7.07. The Labute approximate surface area is 152 Å². The van der Waals surface area contributed by atoms with Crippen LogP contribution in [-0.2, 0) is 6.54 Å². The Morgan fingerprint density at radius 2 is 1.92 bits per heavy atom. The van der Waals surface area contributed by atoms with Crippen LogP contribution in [0.3, 0.4) is 0 Å². The van der Waals surface area contributed by atoms with Gasteiger partial charge in [-0.3, -0.25) is 19.1 Å². The highest BCUT2D eigenvalue weighted by Crippen LogP contribution is 2.20. The Balaban J connectivity index is 2.76. The molecule has 142 valence electrons. The average Bonchev–Trinajstić information content (AvgIpc) is 2.57. The highest BCUT2D eigenvalue weighted by atomic mass is 16.2. The van der Waals surface area contributed by atoms with Gasteiger partial charge in [0.05, 0.1) is 10.9 Å². The molecular formula is C18H27N5O3. The van der Waals surface area contributed by atoms with Crippen LogP contribution in [0.5, 0.6) is 0 Å². The van der Waals surface area contributed by atoms with Crippen molar-refractivity contribution in [2.75, 3.05) is 20.1 Å². The van der Waals surface area contributed by atoms with E-state index in [0.717, 1.165) is 0 Å². The topological polar surface area (TPSA) is 109 Å². The summed E-state index contributed by atoms with van der Waals surface area (Å²) in [4.78, 5) is 44.3. The Kier molecular flexibility index (Phi) is 6.31. The number of carbonyl (C=O) groups excluding carboxylic acids is 1. The molecule has 0 unspecified atom stereocenters. The van der Waals surface area contributed by atoms with Gasteiger partial charge in [0.1, 0.15) is 0 Å². The molecule has 2 rings (SSSR count). The van der Waals surface area contributed by atoms with Crippen molar-refractivity contribution in [3.63, 3.8) is 0 Å². The molecule has 3 N–H and O–H groups in total. The number of carbonyl (C=O) groups is 1. The summed E-state index contributed by atoms with van der Waals surface area (Å²) in [6, 6.07) is 1.64. The molecule has 2 heterocycles. The largest absolute Gasteiger partial charge is 0.351 e. The number of H-pyrrole nitrogens is 1. The van der Waals surface area contributed by atoms with E-state index in [2.05, 4.69) is 20.6 Å². The lowest BCUT2D eigenvalue weighted by atomic mass is 10.0. The number of likely N-dealkylation sites (N-methyl/N-ethyl adjacent to an activating group) is 1. The van der Waals surface area contributed by atoms with Crippen LogP contribution in [0, 0.1) is 5.92 Å². The van der Waals surface area contributed by atoms with E-state index in [1.807, 2.05) is 27.7 Å². The number of amides is 1. The molecule has 0 aromatic carbocycles. The van der Waals surface area contributed by atoms with E-state index in [1.54, 1.807) is 13.1 Å². The molecule has 0 saturated carbocycles. The van der Waals surface area contributed by atoms with Gasteiger partial charge in [0, 0.05) is 25.3 Å². The molecule has 0 aliphatic heterocycles. The van der Waals surface area contributed by atoms with Gasteiger partial charge in [0.25, 0.3) is 11.5 Å². The standard InChI is InChI=1S/C18H27N5O3/c1-10(2)9-23-15-14(17(25)22-18(23)26)12(8-13(21-15)11(3)4)16(24)20-7-6-19-5/h8,10-11,19H,6-7,9H2,1-5H3,(H,20,24)(H,22,25,26). The fourth-order valence-electron chi connectivity index (χ4n) is 2.70. The summed E-state index contributed by atoms with van der Waals surface area (Å²) >= 11 is 0. The van der Waals surface area contributed by atoms with Crippen LogP contribution in [-0.4, -0.2) is 40.6 Å². The Hall–Kier alpha value is -2.48. The number of hydrogen-bond acceptors (Lipinski definition) is 5. The van der Waals surface area contributed by atoms with Crippen molar-refractivity contribution in [3.05, 3.63) is 38.2 Å². The number of rotatable bonds is 7. The SMILES string of the molecule is CNCCNC(=O)c1cc(C(C)C)nc2c1c(=O)[nH]c(=O)n2CC(C)C. The second-order valence-electron chi connectivity index (χ2n) is 7.07. The smallest absolute Gasteiger partial charge is 0.330 e. The van der Waals surface area contributed by atoms with E-state index in [-0.39, 0.29) is 34.3 Å². The molecule has 0 atom stereocenters. The number of pyridine rings is 1. The lowest BCUT2D eigenvalue weighted by Crippen LogP contribution is -2.35. The maximum Gasteiger partial charge on any atom is 0.330 e. The summed E-state index contributed by atoms with van der Waals surface area (Å²) in [5, 5.41) is 5.89. The minimum Gasteiger partial charge on any atom is -0.351 e. The van der Waals surface area contributed by atoms with Gasteiger partial charge in [0.2, 0.25) is 0 Å². The minimum atomic E-state index is -0.591. The first kappa shape index (κ1) is 19.8. The molecule has 26 heavy (non-hydrogen) atoms. The molecule has 8 nitrogen and oxygen atoms in total. The maximum absolute atomic E-state index is 12.7. The third kappa shape index (κ3) is 4.19. The van der Waals surface area contributed by atoms with Gasteiger partial charge in [-0.1, -0.05) is 27.7 Å². The summed E-state index contributed by atoms with van der Waals surface area (Å²) in [5.74, 6) is -0.126. The van der Waals surface area contributed by atoms with E-state index in [4.69, 9.17) is 0 Å². The zero-order chi connectivity index (χ0) is 19.4. The Morgan fingerprint density at radius 3 is 2.50 bits per heavy atom.